The number of carbonyl (C=O) groups is 4. The summed E-state index contributed by atoms with van der Waals surface area (Å²) < 4.78 is 10.2. The van der Waals surface area contributed by atoms with Crippen LogP contribution >= 0.6 is 0 Å². The minimum absolute atomic E-state index is 0.0558. The topological polar surface area (TPSA) is 123 Å². The largest absolute Gasteiger partial charge is 0.467 e. The van der Waals surface area contributed by atoms with E-state index in [1.165, 1.54) is 7.11 Å². The maximum Gasteiger partial charge on any atom is 0.408 e. The fourth-order valence-corrected chi connectivity index (χ4v) is 3.20. The van der Waals surface area contributed by atoms with E-state index in [1.807, 2.05) is 30.3 Å². The Bertz CT molecular complexity index is 835. The Hall–Kier alpha value is -3.36. The lowest BCUT2D eigenvalue weighted by Crippen LogP contribution is -2.53. The summed E-state index contributed by atoms with van der Waals surface area (Å²) in [5.74, 6) is -1.16. The van der Waals surface area contributed by atoms with E-state index < -0.39 is 35.7 Å². The van der Waals surface area contributed by atoms with Gasteiger partial charge in [-0.15, -0.1) is 6.58 Å². The third-order valence-electron chi connectivity index (χ3n) is 4.91. The molecule has 3 N–H and O–H groups in total. The summed E-state index contributed by atoms with van der Waals surface area (Å²) in [5.41, 5.74) is 0.110. The molecule has 35 heavy (non-hydrogen) atoms. The molecule has 1 aromatic carbocycles. The number of alkyl carbamates (subject to hydrolysis) is 1. The van der Waals surface area contributed by atoms with E-state index in [0.29, 0.717) is 38.6 Å². The van der Waals surface area contributed by atoms with Gasteiger partial charge in [-0.2, -0.15) is 0 Å². The Kier molecular flexibility index (Phi) is 13.2. The molecule has 2 atom stereocenters. The van der Waals surface area contributed by atoms with Crippen LogP contribution in [0.4, 0.5) is 4.79 Å². The molecule has 0 fully saturated rings. The number of benzene rings is 1. The quantitative estimate of drug-likeness (QED) is 0.210. The maximum atomic E-state index is 13.1. The molecule has 0 aromatic heterocycles. The molecule has 0 aliphatic rings. The minimum Gasteiger partial charge on any atom is -0.467 e. The third-order valence-corrected chi connectivity index (χ3v) is 4.91. The number of rotatable bonds is 14. The zero-order valence-electron chi connectivity index (χ0n) is 21.2. The van der Waals surface area contributed by atoms with Crippen molar-refractivity contribution in [2.75, 3.05) is 13.7 Å². The van der Waals surface area contributed by atoms with E-state index in [-0.39, 0.29) is 12.3 Å². The highest BCUT2D eigenvalue weighted by Crippen LogP contribution is 2.10. The van der Waals surface area contributed by atoms with Crippen LogP contribution in [0.3, 0.4) is 0 Å². The molecular weight excluding hydrogens is 450 g/mol. The second-order valence-corrected chi connectivity index (χ2v) is 9.15. The Morgan fingerprint density at radius 3 is 2.31 bits per heavy atom. The Labute approximate surface area is 208 Å². The van der Waals surface area contributed by atoms with E-state index >= 15 is 0 Å². The highest BCUT2D eigenvalue weighted by Gasteiger charge is 2.29. The van der Waals surface area contributed by atoms with Gasteiger partial charge in [-0.25, -0.2) is 9.59 Å². The summed E-state index contributed by atoms with van der Waals surface area (Å²) >= 11 is 0. The molecular formula is C26H39N3O6. The van der Waals surface area contributed by atoms with Crippen molar-refractivity contribution < 1.29 is 28.7 Å². The molecule has 0 aliphatic carbocycles. The van der Waals surface area contributed by atoms with E-state index in [0.717, 1.165) is 5.56 Å². The molecule has 0 saturated carbocycles. The number of amides is 3. The SMILES string of the molecule is C=CCCC(=O)NCCCC[C@H](NC(=O)[C@H](Cc1ccccc1)NC(=O)OC(C)(C)C)C(=O)OC. The van der Waals surface area contributed by atoms with Crippen LogP contribution in [-0.4, -0.2) is 55.2 Å². The monoisotopic (exact) mass is 489 g/mol. The van der Waals surface area contributed by atoms with Crippen LogP contribution in [0.5, 0.6) is 0 Å². The van der Waals surface area contributed by atoms with Gasteiger partial charge in [0.2, 0.25) is 11.8 Å². The number of esters is 1. The summed E-state index contributed by atoms with van der Waals surface area (Å²) in [5, 5.41) is 8.12. The van der Waals surface area contributed by atoms with Gasteiger partial charge in [0.1, 0.15) is 17.7 Å². The summed E-state index contributed by atoms with van der Waals surface area (Å²) in [4.78, 5) is 49.4. The van der Waals surface area contributed by atoms with Crippen LogP contribution in [0.25, 0.3) is 0 Å². The Balaban J connectivity index is 2.76. The molecule has 3 amide bonds. The van der Waals surface area contributed by atoms with Gasteiger partial charge in [-0.1, -0.05) is 36.4 Å². The molecule has 0 radical (unpaired) electrons. The molecule has 9 heteroatoms. The first-order valence-electron chi connectivity index (χ1n) is 11.8. The molecule has 0 saturated heterocycles. The van der Waals surface area contributed by atoms with Crippen molar-refractivity contribution in [2.45, 2.75) is 77.0 Å². The second kappa shape index (κ2) is 15.5. The first-order chi connectivity index (χ1) is 16.6. The summed E-state index contributed by atoms with van der Waals surface area (Å²) in [7, 11) is 1.25. The molecule has 9 nitrogen and oxygen atoms in total. The standard InChI is InChI=1S/C26H39N3O6/c1-6-7-16-22(30)27-17-12-11-15-20(24(32)34-5)28-23(31)21(18-19-13-9-8-10-14-19)29-25(33)35-26(2,3)4/h6,8-10,13-14,20-21H,1,7,11-12,15-18H2,2-5H3,(H,27,30)(H,28,31)(H,29,33)/t20-,21-/m0/s1. The lowest BCUT2D eigenvalue weighted by atomic mass is 10.0. The number of allylic oxidation sites excluding steroid dienone is 1. The van der Waals surface area contributed by atoms with Crippen molar-refractivity contribution in [3.8, 4) is 0 Å². The van der Waals surface area contributed by atoms with Crippen molar-refractivity contribution in [1.29, 1.82) is 0 Å². The first kappa shape index (κ1) is 29.7. The van der Waals surface area contributed by atoms with E-state index in [4.69, 9.17) is 9.47 Å². The van der Waals surface area contributed by atoms with Gasteiger partial charge in [-0.3, -0.25) is 9.59 Å². The Morgan fingerprint density at radius 1 is 1.03 bits per heavy atom. The lowest BCUT2D eigenvalue weighted by Gasteiger charge is -2.25. The molecule has 0 spiro atoms. The van der Waals surface area contributed by atoms with Crippen LogP contribution in [0.1, 0.15) is 58.4 Å². The summed E-state index contributed by atoms with van der Waals surface area (Å²) in [6.45, 7) is 9.25. The van der Waals surface area contributed by atoms with Crippen LogP contribution < -0.4 is 16.0 Å². The van der Waals surface area contributed by atoms with Crippen molar-refractivity contribution in [3.05, 3.63) is 48.6 Å². The summed E-state index contributed by atoms with van der Waals surface area (Å²) in [6.07, 6.45) is 3.71. The van der Waals surface area contributed by atoms with Gasteiger partial charge in [-0.05, 0) is 52.0 Å². The van der Waals surface area contributed by atoms with Crippen LogP contribution in [0.15, 0.2) is 43.0 Å². The third kappa shape index (κ3) is 13.2. The van der Waals surface area contributed by atoms with Crippen molar-refractivity contribution in [1.82, 2.24) is 16.0 Å². The highest BCUT2D eigenvalue weighted by atomic mass is 16.6. The van der Waals surface area contributed by atoms with Gasteiger partial charge in [0.15, 0.2) is 0 Å². The highest BCUT2D eigenvalue weighted by molar-refractivity contribution is 5.89. The lowest BCUT2D eigenvalue weighted by molar-refractivity contribution is -0.145. The van der Waals surface area contributed by atoms with Gasteiger partial charge < -0.3 is 25.4 Å². The molecule has 0 heterocycles. The van der Waals surface area contributed by atoms with Crippen molar-refractivity contribution in [3.63, 3.8) is 0 Å². The average Bonchev–Trinajstić information content (AvgIpc) is 2.80. The maximum absolute atomic E-state index is 13.1. The number of ether oxygens (including phenoxy) is 2. The minimum atomic E-state index is -0.955. The van der Waals surface area contributed by atoms with Crippen LogP contribution in [0.2, 0.25) is 0 Å². The second-order valence-electron chi connectivity index (χ2n) is 9.15. The number of methoxy groups -OCH3 is 1. The van der Waals surface area contributed by atoms with E-state index in [1.54, 1.807) is 26.8 Å². The van der Waals surface area contributed by atoms with Crippen LogP contribution in [-0.2, 0) is 30.3 Å². The molecule has 194 valence electrons. The predicted octanol–water partition coefficient (Wildman–Crippen LogP) is 3.03. The van der Waals surface area contributed by atoms with Gasteiger partial charge >= 0.3 is 12.1 Å². The molecule has 0 aliphatic heterocycles. The molecule has 0 unspecified atom stereocenters. The molecule has 0 bridgehead atoms. The van der Waals surface area contributed by atoms with Crippen molar-refractivity contribution >= 4 is 23.9 Å². The van der Waals surface area contributed by atoms with Crippen LogP contribution in [0, 0.1) is 0 Å². The van der Waals surface area contributed by atoms with Crippen molar-refractivity contribution in [2.24, 2.45) is 0 Å². The zero-order valence-corrected chi connectivity index (χ0v) is 21.2. The van der Waals surface area contributed by atoms with E-state index in [2.05, 4.69) is 22.5 Å². The number of unbranched alkanes of at least 4 members (excludes halogenated alkanes) is 1. The zero-order chi connectivity index (χ0) is 26.3. The smallest absolute Gasteiger partial charge is 0.408 e. The van der Waals surface area contributed by atoms with Gasteiger partial charge in [0, 0.05) is 19.4 Å². The Morgan fingerprint density at radius 2 is 1.71 bits per heavy atom. The fraction of sp³-hybridized carbons (Fsp3) is 0.538. The fourth-order valence-electron chi connectivity index (χ4n) is 3.20. The summed E-state index contributed by atoms with van der Waals surface area (Å²) in [6, 6.07) is 7.38. The molecule has 1 aromatic rings. The average molecular weight is 490 g/mol. The number of carbonyl (C=O) groups excluding carboxylic acids is 4. The first-order valence-corrected chi connectivity index (χ1v) is 11.8. The number of nitrogens with one attached hydrogen (secondary N) is 3. The normalized spacial score (nSPS) is 12.6. The van der Waals surface area contributed by atoms with E-state index in [9.17, 15) is 19.2 Å². The van der Waals surface area contributed by atoms with Gasteiger partial charge in [0.25, 0.3) is 0 Å². The number of hydrogen-bond acceptors (Lipinski definition) is 6. The molecule has 1 rings (SSSR count). The van der Waals surface area contributed by atoms with Gasteiger partial charge in [0.05, 0.1) is 7.11 Å². The predicted molar refractivity (Wildman–Crippen MR) is 134 cm³/mol. The number of hydrogen-bond donors (Lipinski definition) is 3.